The number of carbonyl (C=O) groups excluding carboxylic acids is 1. The Bertz CT molecular complexity index is 437. The molecule has 0 radical (unpaired) electrons. The zero-order valence-electron chi connectivity index (χ0n) is 12.0. The van der Waals surface area contributed by atoms with E-state index in [-0.39, 0.29) is 18.3 Å². The predicted molar refractivity (Wildman–Crippen MR) is 86.0 cm³/mol. The largest absolute Gasteiger partial charge is 0.339 e. The van der Waals surface area contributed by atoms with Crippen LogP contribution in [0.1, 0.15) is 35.2 Å². The molecule has 1 heterocycles. The summed E-state index contributed by atoms with van der Waals surface area (Å²) in [6, 6.07) is 5.84. The molecule has 1 aromatic carbocycles. The third kappa shape index (κ3) is 4.37. The molecule has 0 aliphatic carbocycles. The Morgan fingerprint density at radius 2 is 2.05 bits per heavy atom. The van der Waals surface area contributed by atoms with Gasteiger partial charge in [-0.05, 0) is 63.0 Å². The molecule has 1 saturated heterocycles. The molecule has 1 aliphatic rings. The maximum absolute atomic E-state index is 12.5. The van der Waals surface area contributed by atoms with Gasteiger partial charge in [0.1, 0.15) is 0 Å². The average molecular weight is 317 g/mol. The minimum atomic E-state index is 0. The van der Waals surface area contributed by atoms with Crippen molar-refractivity contribution in [2.24, 2.45) is 0 Å². The highest BCUT2D eigenvalue weighted by molar-refractivity contribution is 6.31. The van der Waals surface area contributed by atoms with Crippen LogP contribution in [-0.4, -0.2) is 37.0 Å². The van der Waals surface area contributed by atoms with E-state index in [1.165, 1.54) is 0 Å². The molecule has 0 saturated carbocycles. The SMILES string of the molecule is Cc1cc(Cl)cc(C(=O)N(C)C2CCCNCC2)c1.Cl. The zero-order valence-corrected chi connectivity index (χ0v) is 13.6. The van der Waals surface area contributed by atoms with Gasteiger partial charge >= 0.3 is 0 Å². The molecular formula is C15H22Cl2N2O. The van der Waals surface area contributed by atoms with E-state index in [9.17, 15) is 4.79 Å². The molecule has 1 aliphatic heterocycles. The topological polar surface area (TPSA) is 32.3 Å². The number of amides is 1. The fourth-order valence-corrected chi connectivity index (χ4v) is 2.91. The summed E-state index contributed by atoms with van der Waals surface area (Å²) in [6.07, 6.45) is 3.20. The van der Waals surface area contributed by atoms with Gasteiger partial charge in [-0.2, -0.15) is 0 Å². The van der Waals surface area contributed by atoms with Crippen molar-refractivity contribution in [3.8, 4) is 0 Å². The number of hydrogen-bond donors (Lipinski definition) is 1. The molecule has 112 valence electrons. The zero-order chi connectivity index (χ0) is 13.8. The van der Waals surface area contributed by atoms with Crippen LogP contribution < -0.4 is 5.32 Å². The van der Waals surface area contributed by atoms with E-state index in [1.807, 2.05) is 31.0 Å². The lowest BCUT2D eigenvalue weighted by Gasteiger charge is -2.27. The first-order chi connectivity index (χ1) is 9.08. The van der Waals surface area contributed by atoms with Crippen molar-refractivity contribution in [2.45, 2.75) is 32.2 Å². The Balaban J connectivity index is 0.00000200. The summed E-state index contributed by atoms with van der Waals surface area (Å²) in [5.41, 5.74) is 1.71. The van der Waals surface area contributed by atoms with Crippen LogP contribution in [-0.2, 0) is 0 Å². The number of nitrogens with one attached hydrogen (secondary N) is 1. The van der Waals surface area contributed by atoms with Gasteiger partial charge in [0.25, 0.3) is 5.91 Å². The van der Waals surface area contributed by atoms with Crippen LogP contribution >= 0.6 is 24.0 Å². The van der Waals surface area contributed by atoms with Gasteiger partial charge in [0.05, 0.1) is 0 Å². The summed E-state index contributed by atoms with van der Waals surface area (Å²) in [5, 5.41) is 3.99. The van der Waals surface area contributed by atoms with E-state index in [2.05, 4.69) is 5.32 Å². The van der Waals surface area contributed by atoms with E-state index in [0.717, 1.165) is 37.9 Å². The number of benzene rings is 1. The normalized spacial score (nSPS) is 18.9. The van der Waals surface area contributed by atoms with Crippen LogP contribution in [0.4, 0.5) is 0 Å². The highest BCUT2D eigenvalue weighted by Crippen LogP contribution is 2.19. The van der Waals surface area contributed by atoms with Crippen LogP contribution in [0.2, 0.25) is 5.02 Å². The predicted octanol–water partition coefficient (Wildman–Crippen LogP) is 3.28. The summed E-state index contributed by atoms with van der Waals surface area (Å²) >= 11 is 6.03. The van der Waals surface area contributed by atoms with Crippen molar-refractivity contribution >= 4 is 29.9 Å². The van der Waals surface area contributed by atoms with Crippen LogP contribution in [0.25, 0.3) is 0 Å². The minimum Gasteiger partial charge on any atom is -0.339 e. The van der Waals surface area contributed by atoms with Gasteiger partial charge in [0.15, 0.2) is 0 Å². The molecule has 1 N–H and O–H groups in total. The van der Waals surface area contributed by atoms with Gasteiger partial charge in [-0.1, -0.05) is 11.6 Å². The summed E-state index contributed by atoms with van der Waals surface area (Å²) in [4.78, 5) is 14.4. The molecule has 0 bridgehead atoms. The van der Waals surface area contributed by atoms with Crippen molar-refractivity contribution in [2.75, 3.05) is 20.1 Å². The molecule has 2 rings (SSSR count). The fourth-order valence-electron chi connectivity index (χ4n) is 2.62. The Kier molecular flexibility index (Phi) is 6.80. The molecule has 0 aromatic heterocycles. The second kappa shape index (κ2) is 7.87. The van der Waals surface area contributed by atoms with Gasteiger partial charge < -0.3 is 10.2 Å². The molecular weight excluding hydrogens is 295 g/mol. The third-order valence-electron chi connectivity index (χ3n) is 3.70. The molecule has 1 aromatic rings. The highest BCUT2D eigenvalue weighted by atomic mass is 35.5. The third-order valence-corrected chi connectivity index (χ3v) is 3.92. The summed E-state index contributed by atoms with van der Waals surface area (Å²) in [5.74, 6) is 0.0671. The van der Waals surface area contributed by atoms with E-state index < -0.39 is 0 Å². The van der Waals surface area contributed by atoms with E-state index >= 15 is 0 Å². The number of halogens is 2. The van der Waals surface area contributed by atoms with Gasteiger partial charge in [0, 0.05) is 23.7 Å². The molecule has 5 heteroatoms. The first-order valence-corrected chi connectivity index (χ1v) is 7.21. The second-order valence-electron chi connectivity index (χ2n) is 5.27. The first-order valence-electron chi connectivity index (χ1n) is 6.83. The number of nitrogens with zero attached hydrogens (tertiary/aromatic N) is 1. The van der Waals surface area contributed by atoms with Crippen LogP contribution in [0.15, 0.2) is 18.2 Å². The van der Waals surface area contributed by atoms with Gasteiger partial charge in [-0.15, -0.1) is 12.4 Å². The number of aryl methyl sites for hydroxylation is 1. The van der Waals surface area contributed by atoms with Crippen molar-refractivity contribution in [1.82, 2.24) is 10.2 Å². The molecule has 1 unspecified atom stereocenters. The second-order valence-corrected chi connectivity index (χ2v) is 5.70. The molecule has 1 atom stereocenters. The Morgan fingerprint density at radius 3 is 2.75 bits per heavy atom. The first kappa shape index (κ1) is 17.3. The van der Waals surface area contributed by atoms with E-state index in [4.69, 9.17) is 11.6 Å². The average Bonchev–Trinajstić information content (AvgIpc) is 2.64. The van der Waals surface area contributed by atoms with Crippen LogP contribution in [0, 0.1) is 6.92 Å². The highest BCUT2D eigenvalue weighted by Gasteiger charge is 2.22. The summed E-state index contributed by atoms with van der Waals surface area (Å²) in [6.45, 7) is 3.99. The van der Waals surface area contributed by atoms with Crippen molar-refractivity contribution in [3.63, 3.8) is 0 Å². The number of carbonyl (C=O) groups is 1. The van der Waals surface area contributed by atoms with Gasteiger partial charge in [-0.25, -0.2) is 0 Å². The van der Waals surface area contributed by atoms with E-state index in [0.29, 0.717) is 16.6 Å². The number of rotatable bonds is 2. The summed E-state index contributed by atoms with van der Waals surface area (Å²) in [7, 11) is 1.90. The maximum Gasteiger partial charge on any atom is 0.253 e. The monoisotopic (exact) mass is 316 g/mol. The van der Waals surface area contributed by atoms with Gasteiger partial charge in [0.2, 0.25) is 0 Å². The molecule has 0 spiro atoms. The lowest BCUT2D eigenvalue weighted by atomic mass is 10.1. The molecule has 3 nitrogen and oxygen atoms in total. The van der Waals surface area contributed by atoms with E-state index in [1.54, 1.807) is 6.07 Å². The van der Waals surface area contributed by atoms with Crippen molar-refractivity contribution < 1.29 is 4.79 Å². The van der Waals surface area contributed by atoms with Crippen LogP contribution in [0.5, 0.6) is 0 Å². The lowest BCUT2D eigenvalue weighted by Crippen LogP contribution is -2.37. The van der Waals surface area contributed by atoms with Crippen molar-refractivity contribution in [3.05, 3.63) is 34.3 Å². The lowest BCUT2D eigenvalue weighted by molar-refractivity contribution is 0.0720. The van der Waals surface area contributed by atoms with Gasteiger partial charge in [-0.3, -0.25) is 4.79 Å². The Morgan fingerprint density at radius 1 is 1.30 bits per heavy atom. The Hall–Kier alpha value is -0.770. The smallest absolute Gasteiger partial charge is 0.253 e. The Labute approximate surface area is 132 Å². The quantitative estimate of drug-likeness (QED) is 0.908. The molecule has 20 heavy (non-hydrogen) atoms. The number of hydrogen-bond acceptors (Lipinski definition) is 2. The van der Waals surface area contributed by atoms with Crippen LogP contribution in [0.3, 0.4) is 0 Å². The van der Waals surface area contributed by atoms with Crippen molar-refractivity contribution in [1.29, 1.82) is 0 Å². The molecule has 1 amide bonds. The summed E-state index contributed by atoms with van der Waals surface area (Å²) < 4.78 is 0. The minimum absolute atomic E-state index is 0. The maximum atomic E-state index is 12.5. The molecule has 1 fully saturated rings. The fraction of sp³-hybridized carbons (Fsp3) is 0.533. The standard InChI is InChI=1S/C15H21ClN2O.ClH/c1-11-8-12(10-13(16)9-11)15(19)18(2)14-4-3-6-17-7-5-14;/h8-10,14,17H,3-7H2,1-2H3;1H.